The molecule has 20 heavy (non-hydrogen) atoms. The van der Waals surface area contributed by atoms with E-state index in [9.17, 15) is 8.42 Å². The summed E-state index contributed by atoms with van der Waals surface area (Å²) in [6.45, 7) is 3.73. The van der Waals surface area contributed by atoms with Gasteiger partial charge >= 0.3 is 0 Å². The van der Waals surface area contributed by atoms with Gasteiger partial charge in [0.15, 0.2) is 0 Å². The van der Waals surface area contributed by atoms with Crippen molar-refractivity contribution in [3.05, 3.63) is 46.4 Å². The van der Waals surface area contributed by atoms with Gasteiger partial charge in [0, 0.05) is 11.9 Å². The number of nitrogens with one attached hydrogen (secondary N) is 2. The average Bonchev–Trinajstić information content (AvgIpc) is 2.97. The third-order valence-corrected chi connectivity index (χ3v) is 4.75. The van der Waals surface area contributed by atoms with Crippen LogP contribution in [-0.4, -0.2) is 19.9 Å². The highest BCUT2D eigenvalue weighted by atomic mass is 32.2. The Morgan fingerprint density at radius 3 is 2.85 bits per heavy atom. The molecule has 0 aliphatic rings. The van der Waals surface area contributed by atoms with Crippen LogP contribution in [0.5, 0.6) is 0 Å². The number of sulfonamides is 1. The van der Waals surface area contributed by atoms with Crippen molar-refractivity contribution in [1.82, 2.24) is 15.0 Å². The molecule has 108 valence electrons. The topological polar surface area (TPSA) is 71.1 Å². The fourth-order valence-electron chi connectivity index (χ4n) is 1.67. The number of nitrogens with zero attached hydrogens (tertiary/aromatic N) is 1. The molecule has 0 atom stereocenters. The highest BCUT2D eigenvalue weighted by molar-refractivity contribution is 7.89. The van der Waals surface area contributed by atoms with Crippen LogP contribution in [0.4, 0.5) is 0 Å². The van der Waals surface area contributed by atoms with Gasteiger partial charge in [0.2, 0.25) is 10.0 Å². The molecular weight excluding hydrogens is 294 g/mol. The van der Waals surface area contributed by atoms with Gasteiger partial charge in [-0.1, -0.05) is 19.1 Å². The summed E-state index contributed by atoms with van der Waals surface area (Å²) in [6, 6.07) is 6.94. The fraction of sp³-hybridized carbons (Fsp3) is 0.308. The number of aromatic nitrogens is 1. The maximum absolute atomic E-state index is 12.2. The van der Waals surface area contributed by atoms with Gasteiger partial charge in [-0.15, -0.1) is 11.3 Å². The van der Waals surface area contributed by atoms with Crippen LogP contribution in [0.25, 0.3) is 0 Å². The molecule has 0 saturated heterocycles. The molecule has 1 aromatic heterocycles. The summed E-state index contributed by atoms with van der Waals surface area (Å²) < 4.78 is 27.0. The van der Waals surface area contributed by atoms with E-state index in [1.165, 1.54) is 11.3 Å². The van der Waals surface area contributed by atoms with Crippen molar-refractivity contribution in [2.24, 2.45) is 0 Å². The van der Waals surface area contributed by atoms with Crippen molar-refractivity contribution in [2.75, 3.05) is 6.54 Å². The van der Waals surface area contributed by atoms with E-state index in [0.717, 1.165) is 17.8 Å². The first-order chi connectivity index (χ1) is 9.62. The molecule has 0 aliphatic carbocycles. The SMILES string of the molecule is CCNCc1cccc(S(=O)(=O)NCc2cscn2)c1. The Morgan fingerprint density at radius 2 is 2.15 bits per heavy atom. The summed E-state index contributed by atoms with van der Waals surface area (Å²) in [5.74, 6) is 0. The molecule has 0 bridgehead atoms. The van der Waals surface area contributed by atoms with Crippen LogP contribution < -0.4 is 10.0 Å². The molecule has 2 aromatic rings. The Balaban J connectivity index is 2.08. The zero-order valence-electron chi connectivity index (χ0n) is 11.2. The number of thiazole rings is 1. The summed E-state index contributed by atoms with van der Waals surface area (Å²) in [7, 11) is -3.50. The molecule has 0 spiro atoms. The number of benzene rings is 1. The second-order valence-electron chi connectivity index (χ2n) is 4.23. The smallest absolute Gasteiger partial charge is 0.240 e. The first kappa shape index (κ1) is 15.1. The van der Waals surface area contributed by atoms with Crippen LogP contribution in [0.3, 0.4) is 0 Å². The maximum Gasteiger partial charge on any atom is 0.240 e. The molecule has 0 saturated carbocycles. The molecule has 5 nitrogen and oxygen atoms in total. The lowest BCUT2D eigenvalue weighted by atomic mass is 10.2. The second kappa shape index (κ2) is 6.94. The van der Waals surface area contributed by atoms with Gasteiger partial charge in [0.05, 0.1) is 22.6 Å². The average molecular weight is 311 g/mol. The molecule has 2 rings (SSSR count). The molecule has 0 aliphatic heterocycles. The summed E-state index contributed by atoms with van der Waals surface area (Å²) >= 11 is 1.44. The minimum Gasteiger partial charge on any atom is -0.313 e. The van der Waals surface area contributed by atoms with Gasteiger partial charge in [0.1, 0.15) is 0 Å². The molecule has 7 heteroatoms. The Hall–Kier alpha value is -1.28. The first-order valence-electron chi connectivity index (χ1n) is 6.28. The summed E-state index contributed by atoms with van der Waals surface area (Å²) in [6.07, 6.45) is 0. The zero-order chi connectivity index (χ0) is 14.4. The van der Waals surface area contributed by atoms with E-state index in [1.807, 2.05) is 18.4 Å². The standard InChI is InChI=1S/C13H17N3O2S2/c1-2-14-7-11-4-3-5-13(6-11)20(17,18)16-8-12-9-19-10-15-12/h3-6,9-10,14,16H,2,7-8H2,1H3. The Labute approximate surface area is 123 Å². The summed E-state index contributed by atoms with van der Waals surface area (Å²) in [5, 5.41) is 5.00. The first-order valence-corrected chi connectivity index (χ1v) is 8.71. The van der Waals surface area contributed by atoms with Crippen LogP contribution in [0.15, 0.2) is 40.1 Å². The molecule has 0 unspecified atom stereocenters. The van der Waals surface area contributed by atoms with Crippen molar-refractivity contribution < 1.29 is 8.42 Å². The van der Waals surface area contributed by atoms with E-state index >= 15 is 0 Å². The highest BCUT2D eigenvalue weighted by Gasteiger charge is 2.14. The van der Waals surface area contributed by atoms with Gasteiger partial charge in [-0.2, -0.15) is 0 Å². The van der Waals surface area contributed by atoms with Gasteiger partial charge in [-0.3, -0.25) is 0 Å². The molecule has 0 radical (unpaired) electrons. The van der Waals surface area contributed by atoms with Crippen LogP contribution in [-0.2, 0) is 23.1 Å². The minimum absolute atomic E-state index is 0.212. The van der Waals surface area contributed by atoms with E-state index in [2.05, 4.69) is 15.0 Å². The van der Waals surface area contributed by atoms with E-state index in [1.54, 1.807) is 23.7 Å². The minimum atomic E-state index is -3.50. The van der Waals surface area contributed by atoms with Crippen LogP contribution >= 0.6 is 11.3 Å². The number of hydrogen-bond donors (Lipinski definition) is 2. The van der Waals surface area contributed by atoms with E-state index in [-0.39, 0.29) is 11.4 Å². The zero-order valence-corrected chi connectivity index (χ0v) is 12.8. The lowest BCUT2D eigenvalue weighted by molar-refractivity contribution is 0.580. The van der Waals surface area contributed by atoms with Crippen molar-refractivity contribution >= 4 is 21.4 Å². The lowest BCUT2D eigenvalue weighted by Gasteiger charge is -2.08. The molecule has 1 heterocycles. The Bertz CT molecular complexity index is 639. The second-order valence-corrected chi connectivity index (χ2v) is 6.72. The maximum atomic E-state index is 12.2. The monoisotopic (exact) mass is 311 g/mol. The fourth-order valence-corrected chi connectivity index (χ4v) is 3.30. The van der Waals surface area contributed by atoms with Crippen LogP contribution in [0.2, 0.25) is 0 Å². The largest absolute Gasteiger partial charge is 0.313 e. The predicted octanol–water partition coefficient (Wildman–Crippen LogP) is 1.73. The van der Waals surface area contributed by atoms with E-state index in [4.69, 9.17) is 0 Å². The van der Waals surface area contributed by atoms with E-state index in [0.29, 0.717) is 6.54 Å². The highest BCUT2D eigenvalue weighted by Crippen LogP contribution is 2.12. The molecule has 0 fully saturated rings. The molecule has 2 N–H and O–H groups in total. The third kappa shape index (κ3) is 4.11. The Kier molecular flexibility index (Phi) is 5.24. The van der Waals surface area contributed by atoms with Crippen LogP contribution in [0.1, 0.15) is 18.2 Å². The van der Waals surface area contributed by atoms with Crippen LogP contribution in [0, 0.1) is 0 Å². The quantitative estimate of drug-likeness (QED) is 0.817. The predicted molar refractivity (Wildman–Crippen MR) is 80.0 cm³/mol. The van der Waals surface area contributed by atoms with Crippen molar-refractivity contribution in [3.8, 4) is 0 Å². The normalized spacial score (nSPS) is 11.7. The number of hydrogen-bond acceptors (Lipinski definition) is 5. The Morgan fingerprint density at radius 1 is 1.30 bits per heavy atom. The number of rotatable bonds is 7. The van der Waals surface area contributed by atoms with Crippen molar-refractivity contribution in [1.29, 1.82) is 0 Å². The molecular formula is C13H17N3O2S2. The molecule has 1 aromatic carbocycles. The molecule has 0 amide bonds. The van der Waals surface area contributed by atoms with E-state index < -0.39 is 10.0 Å². The van der Waals surface area contributed by atoms with Gasteiger partial charge in [-0.25, -0.2) is 18.1 Å². The summed E-state index contributed by atoms with van der Waals surface area (Å²) in [4.78, 5) is 4.33. The lowest BCUT2D eigenvalue weighted by Crippen LogP contribution is -2.23. The summed E-state index contributed by atoms with van der Waals surface area (Å²) in [5.41, 5.74) is 3.35. The van der Waals surface area contributed by atoms with Crippen molar-refractivity contribution in [2.45, 2.75) is 24.9 Å². The van der Waals surface area contributed by atoms with Gasteiger partial charge < -0.3 is 5.32 Å². The third-order valence-electron chi connectivity index (χ3n) is 2.71. The van der Waals surface area contributed by atoms with Gasteiger partial charge in [0.25, 0.3) is 0 Å². The van der Waals surface area contributed by atoms with Crippen molar-refractivity contribution in [3.63, 3.8) is 0 Å². The van der Waals surface area contributed by atoms with Gasteiger partial charge in [-0.05, 0) is 24.2 Å².